The van der Waals surface area contributed by atoms with Gasteiger partial charge in [-0.1, -0.05) is 91.0 Å². The Labute approximate surface area is 367 Å². The molecule has 0 aliphatic carbocycles. The minimum atomic E-state index is -1.74. The summed E-state index contributed by atoms with van der Waals surface area (Å²) in [6.45, 7) is -1.43. The lowest BCUT2D eigenvalue weighted by atomic mass is 9.97. The van der Waals surface area contributed by atoms with Crippen LogP contribution in [0.3, 0.4) is 0 Å². The summed E-state index contributed by atoms with van der Waals surface area (Å²) in [5.41, 5.74) is 0.560. The number of rotatable bonds is 15. The van der Waals surface area contributed by atoms with E-state index in [0.29, 0.717) is 0 Å². The number of methoxy groups -OCH3 is 1. The Morgan fingerprint density at radius 3 is 1.11 bits per heavy atom. The molecule has 10 atom stereocenters. The van der Waals surface area contributed by atoms with Gasteiger partial charge in [0.15, 0.2) is 43.1 Å². The Balaban J connectivity index is 1.25. The molecule has 7 rings (SSSR count). The second kappa shape index (κ2) is 21.5. The first-order valence-electron chi connectivity index (χ1n) is 20.2. The Morgan fingerprint density at radius 1 is 0.438 bits per heavy atom. The van der Waals surface area contributed by atoms with Crippen molar-refractivity contribution in [2.75, 3.05) is 20.3 Å². The number of carbonyl (C=O) groups excluding carboxylic acids is 5. The van der Waals surface area contributed by atoms with E-state index in [2.05, 4.69) is 0 Å². The van der Waals surface area contributed by atoms with Gasteiger partial charge < -0.3 is 52.8 Å². The second-order valence-electron chi connectivity index (χ2n) is 14.5. The van der Waals surface area contributed by atoms with E-state index in [1.165, 1.54) is 67.8 Å². The lowest BCUT2D eigenvalue weighted by molar-refractivity contribution is -0.326. The molecule has 0 saturated carbocycles. The maximum absolute atomic E-state index is 13.9. The van der Waals surface area contributed by atoms with Gasteiger partial charge in [-0.25, -0.2) is 24.0 Å². The Morgan fingerprint density at radius 2 is 0.750 bits per heavy atom. The molecule has 5 aromatic carbocycles. The summed E-state index contributed by atoms with van der Waals surface area (Å²) in [5.74, 6) is -4.41. The van der Waals surface area contributed by atoms with E-state index in [0.717, 1.165) is 0 Å². The number of benzene rings is 5. The molecule has 16 heteroatoms. The van der Waals surface area contributed by atoms with E-state index in [1.54, 1.807) is 91.0 Å². The fraction of sp³-hybridized carbons (Fsp3) is 0.271. The highest BCUT2D eigenvalue weighted by molar-refractivity contribution is 5.92. The molecule has 2 aliphatic heterocycles. The predicted octanol–water partition coefficient (Wildman–Crippen LogP) is 4.58. The summed E-state index contributed by atoms with van der Waals surface area (Å²) in [7, 11) is 1.25. The molecule has 0 amide bonds. The molecule has 0 spiro atoms. The molecule has 2 aliphatic rings. The highest BCUT2D eigenvalue weighted by Gasteiger charge is 2.55. The average molecular weight is 877 g/mol. The number of hydrogen-bond donors (Lipinski definition) is 2. The summed E-state index contributed by atoms with van der Waals surface area (Å²) in [6.07, 6.45) is -16.0. The van der Waals surface area contributed by atoms with Crippen LogP contribution >= 0.6 is 0 Å². The molecule has 64 heavy (non-hydrogen) atoms. The lowest BCUT2D eigenvalue weighted by Gasteiger charge is -2.45. The molecule has 2 fully saturated rings. The van der Waals surface area contributed by atoms with Crippen LogP contribution in [0.15, 0.2) is 152 Å². The third kappa shape index (κ3) is 10.9. The quantitative estimate of drug-likeness (QED) is 0.109. The zero-order valence-electron chi connectivity index (χ0n) is 34.2. The van der Waals surface area contributed by atoms with Gasteiger partial charge in [0.05, 0.1) is 41.0 Å². The van der Waals surface area contributed by atoms with Crippen molar-refractivity contribution in [2.24, 2.45) is 0 Å². The van der Waals surface area contributed by atoms with Gasteiger partial charge in [-0.05, 0) is 60.7 Å². The highest BCUT2D eigenvalue weighted by Crippen LogP contribution is 2.34. The zero-order valence-corrected chi connectivity index (χ0v) is 34.2. The lowest BCUT2D eigenvalue weighted by Crippen LogP contribution is -2.64. The molecule has 0 aromatic heterocycles. The number of carbonyl (C=O) groups is 5. The number of ether oxygens (including phenoxy) is 9. The van der Waals surface area contributed by atoms with Gasteiger partial charge in [-0.2, -0.15) is 0 Å². The maximum atomic E-state index is 13.9. The van der Waals surface area contributed by atoms with E-state index in [4.69, 9.17) is 42.6 Å². The van der Waals surface area contributed by atoms with Crippen LogP contribution in [0.1, 0.15) is 51.8 Å². The summed E-state index contributed by atoms with van der Waals surface area (Å²) in [5, 5.41) is 21.8. The van der Waals surface area contributed by atoms with Gasteiger partial charge in [-0.3, -0.25) is 0 Å². The van der Waals surface area contributed by atoms with Crippen LogP contribution in [0.2, 0.25) is 0 Å². The van der Waals surface area contributed by atoms with Crippen LogP contribution < -0.4 is 0 Å². The van der Waals surface area contributed by atoms with Crippen molar-refractivity contribution in [3.8, 4) is 0 Å². The van der Waals surface area contributed by atoms with Crippen LogP contribution in [0.5, 0.6) is 0 Å². The van der Waals surface area contributed by atoms with Crippen molar-refractivity contribution in [1.82, 2.24) is 0 Å². The fourth-order valence-electron chi connectivity index (χ4n) is 7.06. The standard InChI is InChI=1S/C48H44O16/c1-56-47-41(64-46(55)33-25-15-6-16-26-33)39(62-44(53)31-21-11-4-12-22-31)37(60-42(51)29-17-7-2-8-18-29)35(59-47)28-57-48-40(63-45(54)32-23-13-5-14-24-32)38(36(50)34(27-49)58-48)61-43(52)30-19-9-3-10-20-30/h2-26,34-41,47-50H,27-28H2,1H3/t34-,35-,36-,37-,38+,39+,40+,41+,47+,48+/m1/s1. The monoisotopic (exact) mass is 876 g/mol. The maximum Gasteiger partial charge on any atom is 0.338 e. The normalized spacial score (nSPS) is 25.2. The van der Waals surface area contributed by atoms with E-state index in [1.807, 2.05) is 0 Å². The molecule has 0 radical (unpaired) electrons. The largest absolute Gasteiger partial charge is 0.452 e. The highest BCUT2D eigenvalue weighted by atomic mass is 16.8. The van der Waals surface area contributed by atoms with Crippen LogP contribution in [0, 0.1) is 0 Å². The van der Waals surface area contributed by atoms with E-state index >= 15 is 0 Å². The number of esters is 5. The first-order chi connectivity index (χ1) is 31.1. The number of hydrogen-bond acceptors (Lipinski definition) is 16. The average Bonchev–Trinajstić information content (AvgIpc) is 3.34. The van der Waals surface area contributed by atoms with Crippen molar-refractivity contribution >= 4 is 29.8 Å². The minimum Gasteiger partial charge on any atom is -0.452 e. The van der Waals surface area contributed by atoms with Crippen molar-refractivity contribution in [3.05, 3.63) is 179 Å². The van der Waals surface area contributed by atoms with Crippen molar-refractivity contribution in [3.63, 3.8) is 0 Å². The van der Waals surface area contributed by atoms with Gasteiger partial charge in [0.25, 0.3) is 0 Å². The summed E-state index contributed by atoms with van der Waals surface area (Å²) >= 11 is 0. The topological polar surface area (TPSA) is 209 Å². The summed E-state index contributed by atoms with van der Waals surface area (Å²) < 4.78 is 54.0. The van der Waals surface area contributed by atoms with E-state index in [9.17, 15) is 34.2 Å². The molecule has 16 nitrogen and oxygen atoms in total. The van der Waals surface area contributed by atoms with Crippen molar-refractivity contribution < 1.29 is 76.8 Å². The van der Waals surface area contributed by atoms with Crippen LogP contribution in [-0.2, 0) is 42.6 Å². The smallest absolute Gasteiger partial charge is 0.338 e. The third-order valence-electron chi connectivity index (χ3n) is 10.3. The molecule has 0 unspecified atom stereocenters. The molecule has 0 bridgehead atoms. The zero-order chi connectivity index (χ0) is 45.0. The third-order valence-corrected chi connectivity index (χ3v) is 10.3. The molecule has 332 valence electrons. The van der Waals surface area contributed by atoms with Crippen LogP contribution in [0.4, 0.5) is 0 Å². The van der Waals surface area contributed by atoms with Gasteiger partial charge in [-0.15, -0.1) is 0 Å². The van der Waals surface area contributed by atoms with E-state index in [-0.39, 0.29) is 27.8 Å². The SMILES string of the molecule is CO[C@H]1O[C@H](CO[C@H]2O[C@H](CO)[C@@H](O)[C@H](OC(=O)c3ccccc3)[C@@H]2OC(=O)c2ccccc2)[C@@H](OC(=O)c2ccccc2)[C@H](OC(=O)c2ccccc2)[C@@H]1OC(=O)c1ccccc1. The van der Waals surface area contributed by atoms with Crippen LogP contribution in [0.25, 0.3) is 0 Å². The molecule has 2 saturated heterocycles. The van der Waals surface area contributed by atoms with Gasteiger partial charge in [0.2, 0.25) is 0 Å². The molecule has 5 aromatic rings. The van der Waals surface area contributed by atoms with Gasteiger partial charge in [0.1, 0.15) is 18.3 Å². The first kappa shape index (κ1) is 45.2. The van der Waals surface area contributed by atoms with Crippen molar-refractivity contribution in [2.45, 2.75) is 61.4 Å². The summed E-state index contributed by atoms with van der Waals surface area (Å²) in [6, 6.07) is 39.4. The predicted molar refractivity (Wildman–Crippen MR) is 222 cm³/mol. The van der Waals surface area contributed by atoms with Crippen molar-refractivity contribution in [1.29, 1.82) is 0 Å². The molecular formula is C48H44O16. The van der Waals surface area contributed by atoms with Crippen LogP contribution in [-0.4, -0.2) is 122 Å². The molecule has 2 heterocycles. The number of aliphatic hydroxyl groups excluding tert-OH is 2. The van der Waals surface area contributed by atoms with E-state index < -0.39 is 104 Å². The fourth-order valence-corrected chi connectivity index (χ4v) is 7.06. The number of aliphatic hydroxyl groups is 2. The molecule has 2 N–H and O–H groups in total. The second-order valence-corrected chi connectivity index (χ2v) is 14.5. The first-order valence-corrected chi connectivity index (χ1v) is 20.2. The minimum absolute atomic E-state index is 0.0961. The van der Waals surface area contributed by atoms with Gasteiger partial charge >= 0.3 is 29.8 Å². The Hall–Kier alpha value is -6.79. The summed E-state index contributed by atoms with van der Waals surface area (Å²) in [4.78, 5) is 68.4. The Bertz CT molecular complexity index is 2320. The Kier molecular flexibility index (Phi) is 15.2. The van der Waals surface area contributed by atoms with Gasteiger partial charge in [0, 0.05) is 7.11 Å². The molecular weight excluding hydrogens is 833 g/mol.